The summed E-state index contributed by atoms with van der Waals surface area (Å²) in [4.78, 5) is 35.0. The number of benzene rings is 1. The number of aromatic nitrogens is 3. The number of anilines is 4. The maximum atomic E-state index is 13.9. The van der Waals surface area contributed by atoms with Gasteiger partial charge >= 0.3 is 0 Å². The van der Waals surface area contributed by atoms with Gasteiger partial charge in [0.15, 0.2) is 5.13 Å². The number of piperazine rings is 1. The SMILES string of the molecule is [2H]c1c(C)c(C)c(C(C)C)c(N(C)C(=O)c2sc(Nc3cc(N4C(C)CN(CCO)CC4C)nc(C(C)C)n3)nc2C)c1Cl. The summed E-state index contributed by atoms with van der Waals surface area (Å²) >= 11 is 8.00. The minimum Gasteiger partial charge on any atom is -0.395 e. The van der Waals surface area contributed by atoms with Crippen LogP contribution < -0.4 is 15.1 Å². The van der Waals surface area contributed by atoms with E-state index >= 15 is 0 Å². The minimum atomic E-state index is -0.228. The molecule has 3 heterocycles. The highest BCUT2D eigenvalue weighted by molar-refractivity contribution is 7.17. The van der Waals surface area contributed by atoms with E-state index in [0.29, 0.717) is 33.8 Å². The smallest absolute Gasteiger partial charge is 0.270 e. The first kappa shape index (κ1) is 31.6. The number of β-amino-alcohol motifs (C(OH)–C–C–N with tert-alkyl or cyclic N) is 1. The summed E-state index contributed by atoms with van der Waals surface area (Å²) in [5.74, 6) is 2.19. The van der Waals surface area contributed by atoms with Crippen LogP contribution in [0.5, 0.6) is 0 Å². The van der Waals surface area contributed by atoms with Gasteiger partial charge in [-0.25, -0.2) is 15.0 Å². The number of rotatable bonds is 9. The number of carbonyl (C=O) groups excluding carboxylic acids is 1. The number of aliphatic hydroxyl groups is 1. The fourth-order valence-corrected chi connectivity index (χ4v) is 7.30. The molecule has 0 saturated carbocycles. The molecule has 9 nitrogen and oxygen atoms in total. The Balaban J connectivity index is 1.66. The number of hydrogen-bond donors (Lipinski definition) is 2. The summed E-state index contributed by atoms with van der Waals surface area (Å²) in [7, 11) is 1.71. The molecule has 3 aromatic rings. The highest BCUT2D eigenvalue weighted by Gasteiger charge is 2.31. The number of aliphatic hydroxyl groups excluding tert-OH is 1. The maximum absolute atomic E-state index is 13.9. The summed E-state index contributed by atoms with van der Waals surface area (Å²) in [6.07, 6.45) is 0. The Bertz CT molecular complexity index is 1520. The number of aryl methyl sites for hydroxylation is 1. The van der Waals surface area contributed by atoms with Crippen molar-refractivity contribution in [2.75, 3.05) is 48.4 Å². The molecule has 0 aliphatic carbocycles. The third-order valence-electron chi connectivity index (χ3n) is 8.09. The van der Waals surface area contributed by atoms with Crippen LogP contribution in [0.25, 0.3) is 0 Å². The van der Waals surface area contributed by atoms with Crippen LogP contribution in [0.1, 0.15) is 92.6 Å². The van der Waals surface area contributed by atoms with Gasteiger partial charge in [0.05, 0.1) is 24.4 Å². The summed E-state index contributed by atoms with van der Waals surface area (Å²) in [6.45, 7) is 20.8. The van der Waals surface area contributed by atoms with Crippen molar-refractivity contribution in [3.05, 3.63) is 50.2 Å². The molecule has 2 aromatic heterocycles. The van der Waals surface area contributed by atoms with Crippen LogP contribution in [0.3, 0.4) is 0 Å². The van der Waals surface area contributed by atoms with Crippen LogP contribution in [-0.2, 0) is 0 Å². The molecular weight excluding hydrogens is 582 g/mol. The lowest BCUT2D eigenvalue weighted by Crippen LogP contribution is -2.57. The molecule has 2 unspecified atom stereocenters. The van der Waals surface area contributed by atoms with Crippen LogP contribution in [0, 0.1) is 20.8 Å². The van der Waals surface area contributed by atoms with E-state index in [1.807, 2.05) is 26.8 Å². The first-order valence-corrected chi connectivity index (χ1v) is 16.2. The van der Waals surface area contributed by atoms with Crippen LogP contribution >= 0.6 is 22.9 Å². The molecule has 0 radical (unpaired) electrons. The van der Waals surface area contributed by atoms with E-state index in [-0.39, 0.29) is 47.5 Å². The van der Waals surface area contributed by atoms with Gasteiger partial charge < -0.3 is 20.2 Å². The second kappa shape index (κ2) is 13.5. The first-order valence-electron chi connectivity index (χ1n) is 15.5. The molecule has 1 fully saturated rings. The Hall–Kier alpha value is -2.79. The fourth-order valence-electron chi connectivity index (χ4n) is 5.98. The van der Waals surface area contributed by atoms with Gasteiger partial charge in [-0.3, -0.25) is 9.69 Å². The van der Waals surface area contributed by atoms with Gasteiger partial charge in [-0.2, -0.15) is 0 Å². The summed E-state index contributed by atoms with van der Waals surface area (Å²) in [6, 6.07) is 2.59. The molecule has 0 bridgehead atoms. The number of halogens is 1. The van der Waals surface area contributed by atoms with Crippen LogP contribution in [0.15, 0.2) is 12.1 Å². The second-order valence-electron chi connectivity index (χ2n) is 12.2. The molecule has 1 amide bonds. The standard InChI is InChI=1S/C32H46ClN7O2S/c1-17(2)27-22(8)19(5)13-24(33)28(27)38(10)31(42)29-23(9)34-32(43-29)36-25-14-26(37-30(35-25)18(3)4)40-20(6)15-39(11-12-41)16-21(40)7/h13-14,17-18,20-21,41H,11-12,15-16H2,1-10H3,(H,34,35,36,37)/i13D. The van der Waals surface area contributed by atoms with Crippen molar-refractivity contribution in [3.8, 4) is 0 Å². The van der Waals surface area contributed by atoms with Crippen molar-refractivity contribution in [1.29, 1.82) is 0 Å². The monoisotopic (exact) mass is 628 g/mol. The molecule has 4 rings (SSSR count). The van der Waals surface area contributed by atoms with Gasteiger partial charge in [0, 0.05) is 50.7 Å². The zero-order valence-electron chi connectivity index (χ0n) is 28.0. The van der Waals surface area contributed by atoms with Gasteiger partial charge in [-0.05, 0) is 63.3 Å². The van der Waals surface area contributed by atoms with E-state index in [0.717, 1.165) is 41.4 Å². The van der Waals surface area contributed by atoms with E-state index < -0.39 is 0 Å². The second-order valence-corrected chi connectivity index (χ2v) is 13.6. The van der Waals surface area contributed by atoms with Gasteiger partial charge in [-0.15, -0.1) is 0 Å². The van der Waals surface area contributed by atoms with Crippen molar-refractivity contribution >= 4 is 51.3 Å². The number of thiazole rings is 1. The molecule has 1 aliphatic rings. The molecular formula is C32H46ClN7O2S. The predicted octanol–water partition coefficient (Wildman–Crippen LogP) is 6.67. The quantitative estimate of drug-likeness (QED) is 0.271. The summed E-state index contributed by atoms with van der Waals surface area (Å²) < 4.78 is 8.55. The number of amides is 1. The Morgan fingerprint density at radius 2 is 1.81 bits per heavy atom. The van der Waals surface area contributed by atoms with E-state index in [1.165, 1.54) is 11.3 Å². The zero-order valence-corrected chi connectivity index (χ0v) is 28.6. The van der Waals surface area contributed by atoms with Crippen LogP contribution in [-0.4, -0.2) is 76.2 Å². The first-order chi connectivity index (χ1) is 20.7. The van der Waals surface area contributed by atoms with Crippen molar-refractivity contribution < 1.29 is 11.3 Å². The van der Waals surface area contributed by atoms with Gasteiger partial charge in [-0.1, -0.05) is 50.6 Å². The molecule has 11 heteroatoms. The molecule has 1 aliphatic heterocycles. The number of nitrogens with one attached hydrogen (secondary N) is 1. The highest BCUT2D eigenvalue weighted by Crippen LogP contribution is 2.40. The Morgan fingerprint density at radius 3 is 2.40 bits per heavy atom. The highest BCUT2D eigenvalue weighted by atomic mass is 35.5. The zero-order chi connectivity index (χ0) is 32.6. The molecule has 43 heavy (non-hydrogen) atoms. The average Bonchev–Trinajstić information content (AvgIpc) is 3.31. The van der Waals surface area contributed by atoms with Crippen molar-refractivity contribution in [1.82, 2.24) is 19.9 Å². The van der Waals surface area contributed by atoms with Gasteiger partial charge in [0.2, 0.25) is 0 Å². The lowest BCUT2D eigenvalue weighted by molar-refractivity contribution is 0.0996. The van der Waals surface area contributed by atoms with E-state index in [2.05, 4.69) is 56.7 Å². The molecule has 1 aromatic carbocycles. The average molecular weight is 629 g/mol. The third kappa shape index (κ3) is 6.98. The molecule has 234 valence electrons. The van der Waals surface area contributed by atoms with Gasteiger partial charge in [0.25, 0.3) is 5.91 Å². The molecule has 1 saturated heterocycles. The van der Waals surface area contributed by atoms with Crippen molar-refractivity contribution in [2.24, 2.45) is 0 Å². The fraction of sp³-hybridized carbons (Fsp3) is 0.562. The Labute approximate surface area is 266 Å². The van der Waals surface area contributed by atoms with Gasteiger partial charge in [0.1, 0.15) is 22.3 Å². The molecule has 2 N–H and O–H groups in total. The lowest BCUT2D eigenvalue weighted by Gasteiger charge is -2.45. The largest absolute Gasteiger partial charge is 0.395 e. The molecule has 2 atom stereocenters. The van der Waals surface area contributed by atoms with E-state index in [4.69, 9.17) is 27.9 Å². The maximum Gasteiger partial charge on any atom is 0.270 e. The normalized spacial score (nSPS) is 18.0. The summed E-state index contributed by atoms with van der Waals surface area (Å²) in [5, 5.41) is 13.6. The third-order valence-corrected chi connectivity index (χ3v) is 9.43. The van der Waals surface area contributed by atoms with Crippen LogP contribution in [0.2, 0.25) is 5.02 Å². The van der Waals surface area contributed by atoms with E-state index in [1.54, 1.807) is 11.9 Å². The van der Waals surface area contributed by atoms with Crippen molar-refractivity contribution in [2.45, 2.75) is 86.2 Å². The lowest BCUT2D eigenvalue weighted by atomic mass is 9.92. The number of carbonyl (C=O) groups is 1. The Morgan fingerprint density at radius 1 is 1.16 bits per heavy atom. The predicted molar refractivity (Wildman–Crippen MR) is 179 cm³/mol. The minimum absolute atomic E-state index is 0.111. The van der Waals surface area contributed by atoms with E-state index in [9.17, 15) is 9.90 Å². The number of nitrogens with zero attached hydrogens (tertiary/aromatic N) is 6. The van der Waals surface area contributed by atoms with Crippen molar-refractivity contribution in [3.63, 3.8) is 0 Å². The topological polar surface area (TPSA) is 97.7 Å². The molecule has 0 spiro atoms. The number of hydrogen-bond acceptors (Lipinski definition) is 9. The summed E-state index contributed by atoms with van der Waals surface area (Å²) in [5.41, 5.74) is 3.95. The van der Waals surface area contributed by atoms with Crippen LogP contribution in [0.4, 0.5) is 22.5 Å². The Kier molecular flexibility index (Phi) is 9.90.